The second-order valence-electron chi connectivity index (χ2n) is 4.26. The molecular weight excluding hydrogens is 202 g/mol. The zero-order chi connectivity index (χ0) is 11.4. The Morgan fingerprint density at radius 3 is 2.25 bits per heavy atom. The zero-order valence-electron chi connectivity index (χ0n) is 9.95. The number of nitrogens with one attached hydrogen (secondary N) is 1. The van der Waals surface area contributed by atoms with Gasteiger partial charge in [-0.15, -0.1) is 0 Å². The molecule has 0 unspecified atom stereocenters. The van der Waals surface area contributed by atoms with Crippen LogP contribution in [0.4, 0.5) is 5.69 Å². The first kappa shape index (κ1) is 11.1. The molecule has 0 heterocycles. The van der Waals surface area contributed by atoms with Crippen LogP contribution in [0, 0.1) is 5.92 Å². The molecule has 1 saturated carbocycles. The number of rotatable bonds is 6. The average molecular weight is 221 g/mol. The quantitative estimate of drug-likeness (QED) is 0.801. The lowest BCUT2D eigenvalue weighted by Gasteiger charge is -2.10. The van der Waals surface area contributed by atoms with Gasteiger partial charge in [-0.25, -0.2) is 0 Å². The van der Waals surface area contributed by atoms with Gasteiger partial charge in [-0.05, 0) is 12.3 Å². The van der Waals surface area contributed by atoms with Crippen LogP contribution in [0.3, 0.4) is 0 Å². The maximum absolute atomic E-state index is 5.22. The van der Waals surface area contributed by atoms with Crippen molar-refractivity contribution in [3.05, 3.63) is 18.2 Å². The standard InChI is InChI=1S/C13H19NO2/c1-15-12-7-11(8-13(9-12)16-2)14-6-5-10-3-4-10/h7-10,14H,3-6H2,1-2H3. The summed E-state index contributed by atoms with van der Waals surface area (Å²) in [5.74, 6) is 2.61. The molecule has 1 aliphatic rings. The van der Waals surface area contributed by atoms with E-state index < -0.39 is 0 Å². The molecule has 2 rings (SSSR count). The summed E-state index contributed by atoms with van der Waals surface area (Å²) in [6.07, 6.45) is 4.08. The highest BCUT2D eigenvalue weighted by molar-refractivity contribution is 5.53. The van der Waals surface area contributed by atoms with E-state index in [0.717, 1.165) is 29.6 Å². The first-order chi connectivity index (χ1) is 7.81. The average Bonchev–Trinajstić information content (AvgIpc) is 3.12. The van der Waals surface area contributed by atoms with Crippen molar-refractivity contribution in [1.29, 1.82) is 0 Å². The molecule has 0 radical (unpaired) electrons. The molecule has 0 saturated heterocycles. The van der Waals surface area contributed by atoms with Gasteiger partial charge in [0.05, 0.1) is 14.2 Å². The van der Waals surface area contributed by atoms with E-state index in [2.05, 4.69) is 5.32 Å². The summed E-state index contributed by atoms with van der Waals surface area (Å²) in [6.45, 7) is 1.03. The molecule has 3 heteroatoms. The van der Waals surface area contributed by atoms with Crippen molar-refractivity contribution in [3.8, 4) is 11.5 Å². The Morgan fingerprint density at radius 1 is 1.12 bits per heavy atom. The van der Waals surface area contributed by atoms with Crippen LogP contribution in [0.2, 0.25) is 0 Å². The second-order valence-corrected chi connectivity index (χ2v) is 4.26. The fourth-order valence-corrected chi connectivity index (χ4v) is 1.74. The largest absolute Gasteiger partial charge is 0.497 e. The van der Waals surface area contributed by atoms with Crippen molar-refractivity contribution in [1.82, 2.24) is 0 Å². The Kier molecular flexibility index (Phi) is 3.54. The number of benzene rings is 1. The molecule has 1 fully saturated rings. The predicted molar refractivity (Wildman–Crippen MR) is 65.4 cm³/mol. The molecule has 0 atom stereocenters. The molecule has 1 aromatic rings. The lowest BCUT2D eigenvalue weighted by atomic mass is 10.2. The van der Waals surface area contributed by atoms with Gasteiger partial charge in [0.15, 0.2) is 0 Å². The molecule has 1 aromatic carbocycles. The van der Waals surface area contributed by atoms with Crippen LogP contribution in [-0.4, -0.2) is 20.8 Å². The van der Waals surface area contributed by atoms with Gasteiger partial charge in [0.1, 0.15) is 11.5 Å². The monoisotopic (exact) mass is 221 g/mol. The highest BCUT2D eigenvalue weighted by Crippen LogP contribution is 2.32. The van der Waals surface area contributed by atoms with Crippen LogP contribution in [0.25, 0.3) is 0 Å². The number of hydrogen-bond acceptors (Lipinski definition) is 3. The van der Waals surface area contributed by atoms with Gasteiger partial charge in [-0.3, -0.25) is 0 Å². The minimum absolute atomic E-state index is 0.827. The van der Waals surface area contributed by atoms with Gasteiger partial charge in [-0.2, -0.15) is 0 Å². The summed E-state index contributed by atoms with van der Waals surface area (Å²) in [5.41, 5.74) is 1.07. The van der Waals surface area contributed by atoms with Crippen molar-refractivity contribution in [2.24, 2.45) is 5.92 Å². The number of ether oxygens (including phenoxy) is 2. The van der Waals surface area contributed by atoms with Crippen LogP contribution in [0.15, 0.2) is 18.2 Å². The van der Waals surface area contributed by atoms with Crippen LogP contribution in [0.1, 0.15) is 19.3 Å². The molecule has 0 amide bonds. The van der Waals surface area contributed by atoms with E-state index in [9.17, 15) is 0 Å². The number of methoxy groups -OCH3 is 2. The maximum atomic E-state index is 5.22. The van der Waals surface area contributed by atoms with Gasteiger partial charge in [0.2, 0.25) is 0 Å². The molecule has 88 valence electrons. The third kappa shape index (κ3) is 3.05. The van der Waals surface area contributed by atoms with Gasteiger partial charge in [-0.1, -0.05) is 12.8 Å². The number of hydrogen-bond donors (Lipinski definition) is 1. The smallest absolute Gasteiger partial charge is 0.124 e. The van der Waals surface area contributed by atoms with Gasteiger partial charge in [0.25, 0.3) is 0 Å². The predicted octanol–water partition coefficient (Wildman–Crippen LogP) is 2.92. The summed E-state index contributed by atoms with van der Waals surface area (Å²) >= 11 is 0. The lowest BCUT2D eigenvalue weighted by Crippen LogP contribution is -2.02. The molecule has 0 spiro atoms. The van der Waals surface area contributed by atoms with E-state index in [1.165, 1.54) is 19.3 Å². The Bertz CT molecular complexity index is 326. The highest BCUT2D eigenvalue weighted by atomic mass is 16.5. The molecule has 0 bridgehead atoms. The molecular formula is C13H19NO2. The Labute approximate surface area is 96.8 Å². The second kappa shape index (κ2) is 5.10. The molecule has 3 nitrogen and oxygen atoms in total. The topological polar surface area (TPSA) is 30.5 Å². The van der Waals surface area contributed by atoms with Gasteiger partial charge in [0, 0.05) is 30.4 Å². The number of anilines is 1. The Balaban J connectivity index is 1.94. The normalized spacial score (nSPS) is 14.6. The summed E-state index contributed by atoms with van der Waals surface area (Å²) in [5, 5.41) is 3.41. The molecule has 0 aromatic heterocycles. The minimum atomic E-state index is 0.827. The van der Waals surface area contributed by atoms with Gasteiger partial charge >= 0.3 is 0 Å². The molecule has 16 heavy (non-hydrogen) atoms. The summed E-state index contributed by atoms with van der Waals surface area (Å²) in [4.78, 5) is 0. The summed E-state index contributed by atoms with van der Waals surface area (Å²) in [6, 6.07) is 5.87. The first-order valence-corrected chi connectivity index (χ1v) is 5.79. The highest BCUT2D eigenvalue weighted by Gasteiger charge is 2.20. The van der Waals surface area contributed by atoms with Crippen LogP contribution < -0.4 is 14.8 Å². The van der Waals surface area contributed by atoms with E-state index >= 15 is 0 Å². The van der Waals surface area contributed by atoms with Crippen molar-refractivity contribution in [3.63, 3.8) is 0 Å². The van der Waals surface area contributed by atoms with Crippen molar-refractivity contribution in [2.45, 2.75) is 19.3 Å². The van der Waals surface area contributed by atoms with Gasteiger partial charge < -0.3 is 14.8 Å². The van der Waals surface area contributed by atoms with Crippen molar-refractivity contribution in [2.75, 3.05) is 26.1 Å². The third-order valence-corrected chi connectivity index (χ3v) is 2.93. The zero-order valence-corrected chi connectivity index (χ0v) is 9.95. The Hall–Kier alpha value is -1.38. The fourth-order valence-electron chi connectivity index (χ4n) is 1.74. The maximum Gasteiger partial charge on any atom is 0.124 e. The first-order valence-electron chi connectivity index (χ1n) is 5.79. The summed E-state index contributed by atoms with van der Waals surface area (Å²) < 4.78 is 10.4. The van der Waals surface area contributed by atoms with E-state index in [4.69, 9.17) is 9.47 Å². The lowest BCUT2D eigenvalue weighted by molar-refractivity contribution is 0.394. The Morgan fingerprint density at radius 2 is 1.75 bits per heavy atom. The van der Waals surface area contributed by atoms with Crippen LogP contribution in [0.5, 0.6) is 11.5 Å². The molecule has 1 aliphatic carbocycles. The fraction of sp³-hybridized carbons (Fsp3) is 0.538. The van der Waals surface area contributed by atoms with Crippen LogP contribution in [-0.2, 0) is 0 Å². The van der Waals surface area contributed by atoms with Crippen molar-refractivity contribution < 1.29 is 9.47 Å². The van der Waals surface area contributed by atoms with Crippen molar-refractivity contribution >= 4 is 5.69 Å². The molecule has 1 N–H and O–H groups in total. The third-order valence-electron chi connectivity index (χ3n) is 2.93. The van der Waals surface area contributed by atoms with E-state index in [-0.39, 0.29) is 0 Å². The molecule has 0 aliphatic heterocycles. The summed E-state index contributed by atoms with van der Waals surface area (Å²) in [7, 11) is 3.34. The van der Waals surface area contributed by atoms with E-state index in [1.54, 1.807) is 14.2 Å². The van der Waals surface area contributed by atoms with E-state index in [0.29, 0.717) is 0 Å². The van der Waals surface area contributed by atoms with E-state index in [1.807, 2.05) is 18.2 Å². The van der Waals surface area contributed by atoms with Crippen LogP contribution >= 0.6 is 0 Å². The minimum Gasteiger partial charge on any atom is -0.497 e. The SMILES string of the molecule is COc1cc(NCCC2CC2)cc(OC)c1.